The number of hydrogen-bond donors (Lipinski definition) is 1. The molecule has 2 nitrogen and oxygen atoms in total. The molecule has 0 heterocycles. The monoisotopic (exact) mass is 424 g/mol. The summed E-state index contributed by atoms with van der Waals surface area (Å²) in [7, 11) is -2.00. The van der Waals surface area contributed by atoms with Gasteiger partial charge in [-0.25, -0.2) is 30.7 Å². The first kappa shape index (κ1) is 20.0. The van der Waals surface area contributed by atoms with Crippen LogP contribution in [0.4, 0.5) is 30.7 Å². The second-order valence-corrected chi connectivity index (χ2v) is 6.37. The molecule has 152 valence electrons. The van der Waals surface area contributed by atoms with Gasteiger partial charge in [-0.1, -0.05) is 6.07 Å². The van der Waals surface area contributed by atoms with Crippen molar-refractivity contribution in [3.8, 4) is 5.75 Å². The summed E-state index contributed by atoms with van der Waals surface area (Å²) in [6.07, 6.45) is 0. The lowest BCUT2D eigenvalue weighted by Gasteiger charge is -2.15. The maximum Gasteiger partial charge on any atom is 0.560 e. The van der Waals surface area contributed by atoms with Crippen molar-refractivity contribution >= 4 is 34.1 Å². The fraction of sp³-hybridized carbons (Fsp3) is 0. The van der Waals surface area contributed by atoms with E-state index in [9.17, 15) is 35.8 Å². The molecule has 30 heavy (non-hydrogen) atoms. The molecule has 0 fully saturated rings. The van der Waals surface area contributed by atoms with Crippen molar-refractivity contribution in [3.05, 3.63) is 83.2 Å². The van der Waals surface area contributed by atoms with E-state index in [0.717, 1.165) is 24.3 Å². The minimum Gasteiger partial charge on any atom is -0.532 e. The molecule has 0 saturated carbocycles. The summed E-state index contributed by atoms with van der Waals surface area (Å²) in [5, 5.41) is 8.01. The van der Waals surface area contributed by atoms with Gasteiger partial charge in [-0.15, -0.1) is 0 Å². The number of benzene rings is 4. The molecule has 0 spiro atoms. The first-order chi connectivity index (χ1) is 14.2. The van der Waals surface area contributed by atoms with Crippen LogP contribution in [0.15, 0.2) is 42.5 Å². The van der Waals surface area contributed by atoms with Crippen LogP contribution in [0.1, 0.15) is 0 Å². The number of rotatable bonds is 3. The van der Waals surface area contributed by atoms with Crippen LogP contribution in [0.2, 0.25) is 0 Å². The van der Waals surface area contributed by atoms with E-state index >= 15 is 0 Å². The molecule has 4 rings (SSSR count). The molecule has 0 radical (unpaired) electrons. The number of hydrogen-bond acceptors (Lipinski definition) is 2. The van der Waals surface area contributed by atoms with E-state index in [1.807, 2.05) is 0 Å². The topological polar surface area (TPSA) is 29.5 Å². The van der Waals surface area contributed by atoms with Gasteiger partial charge in [0.1, 0.15) is 29.0 Å². The molecule has 0 aliphatic carbocycles. The van der Waals surface area contributed by atoms with Crippen LogP contribution in [-0.4, -0.2) is 12.1 Å². The molecule has 0 saturated heterocycles. The summed E-state index contributed by atoms with van der Waals surface area (Å²) in [4.78, 5) is 0. The summed E-state index contributed by atoms with van der Waals surface area (Å²) in [6.45, 7) is 0. The predicted molar refractivity (Wildman–Crippen MR) is 95.8 cm³/mol. The first-order valence-electron chi connectivity index (χ1n) is 8.36. The molecule has 10 heteroatoms. The van der Waals surface area contributed by atoms with Gasteiger partial charge in [-0.2, -0.15) is 0 Å². The van der Waals surface area contributed by atoms with Crippen molar-refractivity contribution in [2.45, 2.75) is 0 Å². The highest BCUT2D eigenvalue weighted by Gasteiger charge is 2.27. The Morgan fingerprint density at radius 1 is 0.633 bits per heavy atom. The Morgan fingerprint density at radius 2 is 1.30 bits per heavy atom. The summed E-state index contributed by atoms with van der Waals surface area (Å²) in [5.74, 6) is -10.3. The highest BCUT2D eigenvalue weighted by atomic mass is 19.2. The SMILES string of the molecule is OB(Oc1ccc(F)c2c(F)c(F)c(F)cc12)c1ccc(F)c2c(F)cc(F)cc12. The molecule has 0 aromatic heterocycles. The van der Waals surface area contributed by atoms with Crippen molar-refractivity contribution in [1.29, 1.82) is 0 Å². The smallest absolute Gasteiger partial charge is 0.532 e. The maximum absolute atomic E-state index is 14.0. The van der Waals surface area contributed by atoms with Crippen LogP contribution >= 0.6 is 0 Å². The van der Waals surface area contributed by atoms with Crippen LogP contribution in [0, 0.1) is 40.7 Å². The van der Waals surface area contributed by atoms with Gasteiger partial charge in [-0.05, 0) is 35.7 Å². The van der Waals surface area contributed by atoms with Crippen LogP contribution < -0.4 is 10.1 Å². The molecule has 1 N–H and O–H groups in total. The molecule has 4 aromatic rings. The summed E-state index contributed by atoms with van der Waals surface area (Å²) in [5.41, 5.74) is -0.273. The third-order valence-corrected chi connectivity index (χ3v) is 4.57. The molecule has 0 aliphatic heterocycles. The molecule has 0 unspecified atom stereocenters. The zero-order valence-corrected chi connectivity index (χ0v) is 14.6. The Labute approximate surface area is 164 Å². The van der Waals surface area contributed by atoms with Crippen molar-refractivity contribution in [2.75, 3.05) is 0 Å². The highest BCUT2D eigenvalue weighted by Crippen LogP contribution is 2.33. The van der Waals surface area contributed by atoms with Gasteiger partial charge in [0.25, 0.3) is 0 Å². The largest absolute Gasteiger partial charge is 0.560 e. The van der Waals surface area contributed by atoms with Crippen molar-refractivity contribution < 1.29 is 40.4 Å². The van der Waals surface area contributed by atoms with E-state index in [1.165, 1.54) is 0 Å². The molecular formula is C20H8BF7O2. The van der Waals surface area contributed by atoms with E-state index in [-0.39, 0.29) is 10.8 Å². The second kappa shape index (κ2) is 7.21. The molecule has 0 amide bonds. The Balaban J connectivity index is 1.86. The van der Waals surface area contributed by atoms with Gasteiger partial charge in [0.15, 0.2) is 17.5 Å². The Kier molecular flexibility index (Phi) is 4.81. The van der Waals surface area contributed by atoms with E-state index in [1.54, 1.807) is 0 Å². The van der Waals surface area contributed by atoms with Gasteiger partial charge >= 0.3 is 7.12 Å². The molecular weight excluding hydrogens is 416 g/mol. The second-order valence-electron chi connectivity index (χ2n) is 6.37. The third-order valence-electron chi connectivity index (χ3n) is 4.57. The average Bonchev–Trinajstić information content (AvgIpc) is 2.67. The van der Waals surface area contributed by atoms with Crippen molar-refractivity contribution in [3.63, 3.8) is 0 Å². The first-order valence-corrected chi connectivity index (χ1v) is 8.36. The fourth-order valence-electron chi connectivity index (χ4n) is 3.23. The Hall–Kier alpha value is -3.27. The summed E-state index contributed by atoms with van der Waals surface area (Å²) < 4.78 is 102. The van der Waals surface area contributed by atoms with Crippen molar-refractivity contribution in [2.24, 2.45) is 0 Å². The fourth-order valence-corrected chi connectivity index (χ4v) is 3.23. The van der Waals surface area contributed by atoms with Gasteiger partial charge < -0.3 is 9.68 Å². The number of fused-ring (bicyclic) bond motifs is 2. The van der Waals surface area contributed by atoms with Gasteiger partial charge in [0.05, 0.1) is 10.8 Å². The molecule has 0 atom stereocenters. The van der Waals surface area contributed by atoms with Gasteiger partial charge in [0.2, 0.25) is 0 Å². The Morgan fingerprint density at radius 3 is 2.03 bits per heavy atom. The zero-order valence-electron chi connectivity index (χ0n) is 14.6. The van der Waals surface area contributed by atoms with Crippen LogP contribution in [0.25, 0.3) is 21.5 Å². The maximum atomic E-state index is 14.0. The minimum atomic E-state index is -2.00. The lowest BCUT2D eigenvalue weighted by atomic mass is 9.76. The average molecular weight is 424 g/mol. The normalized spacial score (nSPS) is 11.3. The highest BCUT2D eigenvalue weighted by molar-refractivity contribution is 6.64. The van der Waals surface area contributed by atoms with E-state index in [2.05, 4.69) is 0 Å². The van der Waals surface area contributed by atoms with Gasteiger partial charge in [0, 0.05) is 16.9 Å². The van der Waals surface area contributed by atoms with Crippen LogP contribution in [0.3, 0.4) is 0 Å². The summed E-state index contributed by atoms with van der Waals surface area (Å²) in [6, 6.07) is 5.12. The lowest BCUT2D eigenvalue weighted by Crippen LogP contribution is -2.37. The van der Waals surface area contributed by atoms with E-state index < -0.39 is 69.7 Å². The van der Waals surface area contributed by atoms with Crippen molar-refractivity contribution in [1.82, 2.24) is 0 Å². The van der Waals surface area contributed by atoms with Crippen LogP contribution in [-0.2, 0) is 0 Å². The Bertz CT molecular complexity index is 1330. The van der Waals surface area contributed by atoms with E-state index in [0.29, 0.717) is 18.2 Å². The minimum absolute atomic E-state index is 0.273. The van der Waals surface area contributed by atoms with Gasteiger partial charge in [-0.3, -0.25) is 0 Å². The van der Waals surface area contributed by atoms with E-state index in [4.69, 9.17) is 4.65 Å². The standard InChI is InChI=1S/C20H8BF7O2/c22-8-5-9-11(1-2-12(23)17(9)14(25)6-8)21(29)30-16-4-3-13(24)18-10(16)7-15(26)19(27)20(18)28/h1-7,29H. The predicted octanol–water partition coefficient (Wildman–Crippen LogP) is 4.73. The zero-order chi connectivity index (χ0) is 21.7. The summed E-state index contributed by atoms with van der Waals surface area (Å²) >= 11 is 0. The quantitative estimate of drug-likeness (QED) is 0.293. The third kappa shape index (κ3) is 3.13. The molecule has 4 aromatic carbocycles. The molecule has 0 aliphatic rings. The number of halogens is 7. The molecule has 0 bridgehead atoms. The lowest BCUT2D eigenvalue weighted by molar-refractivity contribution is 0.432. The van der Waals surface area contributed by atoms with Crippen LogP contribution in [0.5, 0.6) is 5.75 Å².